The molecular formula is C6H11FO5. The van der Waals surface area contributed by atoms with Gasteiger partial charge in [0.25, 0.3) is 5.85 Å². The van der Waals surface area contributed by atoms with Crippen LogP contribution in [0.2, 0.25) is 0 Å². The molecular weight excluding hydrogens is 171 g/mol. The molecule has 0 aliphatic carbocycles. The molecule has 1 heterocycles. The zero-order chi connectivity index (χ0) is 9.35. The largest absolute Gasteiger partial charge is 0.390 e. The van der Waals surface area contributed by atoms with E-state index >= 15 is 0 Å². The summed E-state index contributed by atoms with van der Waals surface area (Å²) in [7, 11) is 0. The second-order valence-corrected chi connectivity index (χ2v) is 2.76. The van der Waals surface area contributed by atoms with E-state index in [1.807, 2.05) is 0 Å². The standard InChI is InChI=1S/C6H11FO5/c7-6(2-8)5(11)4(10)3(9)1-12-6/h3-5,8-11H,1-2H2/t3-,4-,5+,6+/m1/s1. The van der Waals surface area contributed by atoms with Gasteiger partial charge >= 0.3 is 0 Å². The summed E-state index contributed by atoms with van der Waals surface area (Å²) < 4.78 is 17.5. The normalized spacial score (nSPS) is 49.2. The van der Waals surface area contributed by atoms with Gasteiger partial charge in [0, 0.05) is 0 Å². The molecule has 0 radical (unpaired) electrons. The predicted octanol–water partition coefficient (Wildman–Crippen LogP) is -2.24. The van der Waals surface area contributed by atoms with Gasteiger partial charge in [-0.2, -0.15) is 0 Å². The highest BCUT2D eigenvalue weighted by atomic mass is 19.2. The fraction of sp³-hybridized carbons (Fsp3) is 1.00. The number of alkyl halides is 1. The summed E-state index contributed by atoms with van der Waals surface area (Å²) in [6.07, 6.45) is -4.88. The third-order valence-corrected chi connectivity index (χ3v) is 1.87. The average molecular weight is 182 g/mol. The first-order chi connectivity index (χ1) is 5.51. The maximum absolute atomic E-state index is 13.1. The summed E-state index contributed by atoms with van der Waals surface area (Å²) in [6, 6.07) is 0. The van der Waals surface area contributed by atoms with Crippen molar-refractivity contribution in [1.29, 1.82) is 0 Å². The van der Waals surface area contributed by atoms with Gasteiger partial charge in [0.1, 0.15) is 24.9 Å². The van der Waals surface area contributed by atoms with Crippen LogP contribution in [-0.4, -0.2) is 57.8 Å². The van der Waals surface area contributed by atoms with Crippen molar-refractivity contribution in [1.82, 2.24) is 0 Å². The lowest BCUT2D eigenvalue weighted by Gasteiger charge is -2.38. The van der Waals surface area contributed by atoms with Crippen LogP contribution in [0.1, 0.15) is 0 Å². The van der Waals surface area contributed by atoms with Crippen LogP contribution in [0.3, 0.4) is 0 Å². The van der Waals surface area contributed by atoms with Crippen LogP contribution in [0.25, 0.3) is 0 Å². The van der Waals surface area contributed by atoms with Crippen molar-refractivity contribution in [3.05, 3.63) is 0 Å². The summed E-state index contributed by atoms with van der Waals surface area (Å²) >= 11 is 0. The second-order valence-electron chi connectivity index (χ2n) is 2.76. The third kappa shape index (κ3) is 1.44. The zero-order valence-electron chi connectivity index (χ0n) is 6.22. The molecule has 0 unspecified atom stereocenters. The van der Waals surface area contributed by atoms with Crippen molar-refractivity contribution >= 4 is 0 Å². The minimum Gasteiger partial charge on any atom is -0.390 e. The lowest BCUT2D eigenvalue weighted by atomic mass is 9.99. The Morgan fingerprint density at radius 1 is 1.42 bits per heavy atom. The Labute approximate surface area is 68.0 Å². The van der Waals surface area contributed by atoms with Crippen LogP contribution in [-0.2, 0) is 4.74 Å². The zero-order valence-corrected chi connectivity index (χ0v) is 6.22. The van der Waals surface area contributed by atoms with Crippen LogP contribution in [0.4, 0.5) is 4.39 Å². The summed E-state index contributed by atoms with van der Waals surface area (Å²) in [4.78, 5) is 0. The molecule has 12 heavy (non-hydrogen) atoms. The number of ether oxygens (including phenoxy) is 1. The lowest BCUT2D eigenvalue weighted by Crippen LogP contribution is -2.60. The Hall–Kier alpha value is -0.270. The molecule has 0 amide bonds. The molecule has 0 aromatic carbocycles. The Balaban J connectivity index is 2.71. The van der Waals surface area contributed by atoms with E-state index in [0.717, 1.165) is 0 Å². The van der Waals surface area contributed by atoms with E-state index in [2.05, 4.69) is 4.74 Å². The molecule has 0 spiro atoms. The van der Waals surface area contributed by atoms with Crippen LogP contribution in [0.15, 0.2) is 0 Å². The molecule has 1 aliphatic rings. The molecule has 4 atom stereocenters. The molecule has 1 saturated heterocycles. The minimum absolute atomic E-state index is 0.449. The van der Waals surface area contributed by atoms with Crippen LogP contribution in [0.5, 0.6) is 0 Å². The summed E-state index contributed by atoms with van der Waals surface area (Å²) in [6.45, 7) is -1.51. The number of aliphatic hydroxyl groups excluding tert-OH is 4. The van der Waals surface area contributed by atoms with Gasteiger partial charge in [-0.05, 0) is 0 Å². The van der Waals surface area contributed by atoms with Gasteiger partial charge in [-0.25, -0.2) is 4.39 Å². The molecule has 0 bridgehead atoms. The third-order valence-electron chi connectivity index (χ3n) is 1.87. The van der Waals surface area contributed by atoms with E-state index < -0.39 is 37.4 Å². The molecule has 72 valence electrons. The Morgan fingerprint density at radius 2 is 2.00 bits per heavy atom. The van der Waals surface area contributed by atoms with Gasteiger partial charge in [-0.1, -0.05) is 0 Å². The fourth-order valence-electron chi connectivity index (χ4n) is 1.01. The number of rotatable bonds is 1. The smallest absolute Gasteiger partial charge is 0.261 e. The van der Waals surface area contributed by atoms with Gasteiger partial charge in [0.2, 0.25) is 0 Å². The molecule has 6 heteroatoms. The van der Waals surface area contributed by atoms with E-state index in [0.29, 0.717) is 0 Å². The van der Waals surface area contributed by atoms with Crippen molar-refractivity contribution in [3.63, 3.8) is 0 Å². The van der Waals surface area contributed by atoms with E-state index in [4.69, 9.17) is 20.4 Å². The molecule has 1 fully saturated rings. The quantitative estimate of drug-likeness (QED) is 0.368. The van der Waals surface area contributed by atoms with Crippen LogP contribution < -0.4 is 0 Å². The van der Waals surface area contributed by atoms with Crippen molar-refractivity contribution in [2.45, 2.75) is 24.2 Å². The van der Waals surface area contributed by atoms with E-state index in [-0.39, 0.29) is 0 Å². The first-order valence-corrected chi connectivity index (χ1v) is 3.49. The predicted molar refractivity (Wildman–Crippen MR) is 34.9 cm³/mol. The molecule has 1 rings (SSSR count). The highest BCUT2D eigenvalue weighted by Crippen LogP contribution is 2.26. The summed E-state index contributed by atoms with van der Waals surface area (Å²) in [5.74, 6) is -2.67. The van der Waals surface area contributed by atoms with Crippen LogP contribution in [0, 0.1) is 0 Å². The summed E-state index contributed by atoms with van der Waals surface area (Å²) in [5, 5.41) is 35.3. The first kappa shape index (κ1) is 9.82. The van der Waals surface area contributed by atoms with Crippen molar-refractivity contribution < 1.29 is 29.6 Å². The van der Waals surface area contributed by atoms with Gasteiger partial charge in [0.05, 0.1) is 6.61 Å². The SMILES string of the molecule is OC[C@]1(F)OC[C@@H](O)[C@@H](O)[C@@H]1O. The highest BCUT2D eigenvalue weighted by molar-refractivity contribution is 4.91. The molecule has 0 aromatic rings. The van der Waals surface area contributed by atoms with Gasteiger partial charge in [-0.3, -0.25) is 0 Å². The van der Waals surface area contributed by atoms with E-state index in [9.17, 15) is 4.39 Å². The molecule has 1 aliphatic heterocycles. The highest BCUT2D eigenvalue weighted by Gasteiger charge is 2.49. The van der Waals surface area contributed by atoms with E-state index in [1.54, 1.807) is 0 Å². The maximum atomic E-state index is 13.1. The Kier molecular flexibility index (Phi) is 2.64. The fourth-order valence-corrected chi connectivity index (χ4v) is 1.01. The number of halogens is 1. The van der Waals surface area contributed by atoms with Crippen LogP contribution >= 0.6 is 0 Å². The topological polar surface area (TPSA) is 90.2 Å². The number of hydrogen-bond acceptors (Lipinski definition) is 5. The Bertz CT molecular complexity index is 166. The molecule has 5 nitrogen and oxygen atoms in total. The van der Waals surface area contributed by atoms with Gasteiger partial charge < -0.3 is 25.2 Å². The van der Waals surface area contributed by atoms with Crippen molar-refractivity contribution in [2.75, 3.05) is 13.2 Å². The second kappa shape index (κ2) is 3.23. The Morgan fingerprint density at radius 3 is 2.50 bits per heavy atom. The molecule has 0 aromatic heterocycles. The van der Waals surface area contributed by atoms with Gasteiger partial charge in [-0.15, -0.1) is 0 Å². The van der Waals surface area contributed by atoms with Gasteiger partial charge in [0.15, 0.2) is 0 Å². The first-order valence-electron chi connectivity index (χ1n) is 3.49. The van der Waals surface area contributed by atoms with Crippen molar-refractivity contribution in [2.24, 2.45) is 0 Å². The maximum Gasteiger partial charge on any atom is 0.261 e. The summed E-state index contributed by atoms with van der Waals surface area (Å²) in [5.41, 5.74) is 0. The number of hydrogen-bond donors (Lipinski definition) is 4. The molecule has 0 saturated carbocycles. The monoisotopic (exact) mass is 182 g/mol. The molecule has 4 N–H and O–H groups in total. The minimum atomic E-state index is -2.67. The lowest BCUT2D eigenvalue weighted by molar-refractivity contribution is -0.298. The van der Waals surface area contributed by atoms with Crippen molar-refractivity contribution in [3.8, 4) is 0 Å². The number of aliphatic hydroxyl groups is 4. The van der Waals surface area contributed by atoms with E-state index in [1.165, 1.54) is 0 Å². The average Bonchev–Trinajstić information content (AvgIpc) is 2.09.